The molecule has 1 amide bonds. The summed E-state index contributed by atoms with van der Waals surface area (Å²) in [6.07, 6.45) is 1.76. The van der Waals surface area contributed by atoms with E-state index in [1.165, 1.54) is 0 Å². The van der Waals surface area contributed by atoms with Gasteiger partial charge in [0.1, 0.15) is 5.69 Å². The van der Waals surface area contributed by atoms with Gasteiger partial charge in [-0.25, -0.2) is 0 Å². The molecule has 0 unspecified atom stereocenters. The summed E-state index contributed by atoms with van der Waals surface area (Å²) in [6.45, 7) is 6.56. The van der Waals surface area contributed by atoms with Gasteiger partial charge in [0.15, 0.2) is 5.11 Å². The normalized spacial score (nSPS) is 11.1. The van der Waals surface area contributed by atoms with Crippen molar-refractivity contribution < 1.29 is 4.79 Å². The number of amides is 1. The van der Waals surface area contributed by atoms with Crippen LogP contribution in [0.2, 0.25) is 0 Å². The molecule has 8 heteroatoms. The predicted molar refractivity (Wildman–Crippen MR) is 117 cm³/mol. The average molecular weight is 414 g/mol. The molecule has 0 aliphatic heterocycles. The van der Waals surface area contributed by atoms with Gasteiger partial charge in [-0.3, -0.25) is 20.3 Å². The third-order valence-corrected chi connectivity index (χ3v) is 4.81. The number of rotatable bonds is 4. The number of nitrogens with one attached hydrogen (secondary N) is 3. The van der Waals surface area contributed by atoms with Crippen LogP contribution in [0.4, 0.5) is 0 Å². The zero-order valence-electron chi connectivity index (χ0n) is 16.0. The smallest absolute Gasteiger partial charge is 0.273 e. The number of benzene rings is 1. The maximum atomic E-state index is 12.8. The van der Waals surface area contributed by atoms with E-state index in [9.17, 15) is 4.79 Å². The highest BCUT2D eigenvalue weighted by molar-refractivity contribution is 7.80. The molecule has 3 rings (SSSR count). The lowest BCUT2D eigenvalue weighted by molar-refractivity contribution is 0.0944. The molecule has 0 aliphatic rings. The van der Waals surface area contributed by atoms with Crippen LogP contribution in [0.5, 0.6) is 0 Å². The number of thiophene rings is 1. The second-order valence-electron chi connectivity index (χ2n) is 7.34. The first-order valence-electron chi connectivity index (χ1n) is 8.85. The molecule has 0 spiro atoms. The van der Waals surface area contributed by atoms with E-state index in [1.807, 2.05) is 68.6 Å². The Bertz CT molecular complexity index is 943. The zero-order chi connectivity index (χ0) is 20.1. The van der Waals surface area contributed by atoms with E-state index in [-0.39, 0.29) is 11.4 Å². The standard InChI is InChI=1S/C20H23N5OS2/c1-20(2,3)21-19(27)23-22-18(26)15-13-25(12-14-8-5-4-6-9-14)24-17(15)16-10-7-11-28-16/h4-11,13H,12H2,1-3H3,(H,22,26)(H2,21,23,27). The Morgan fingerprint density at radius 3 is 2.54 bits per heavy atom. The number of nitrogens with zero attached hydrogens (tertiary/aromatic N) is 2. The van der Waals surface area contributed by atoms with Crippen LogP contribution in [0.15, 0.2) is 54.0 Å². The molecule has 0 fully saturated rings. The van der Waals surface area contributed by atoms with Crippen LogP contribution >= 0.6 is 23.6 Å². The lowest BCUT2D eigenvalue weighted by atomic mass is 10.1. The summed E-state index contributed by atoms with van der Waals surface area (Å²) < 4.78 is 1.78. The van der Waals surface area contributed by atoms with Crippen LogP contribution < -0.4 is 16.2 Å². The van der Waals surface area contributed by atoms with E-state index in [0.717, 1.165) is 10.4 Å². The molecule has 2 heterocycles. The quantitative estimate of drug-likeness (QED) is 0.451. The number of thiocarbonyl (C=S) groups is 1. The second-order valence-corrected chi connectivity index (χ2v) is 8.69. The minimum atomic E-state index is -0.291. The molecule has 1 aromatic carbocycles. The van der Waals surface area contributed by atoms with Gasteiger partial charge in [0.05, 0.1) is 17.0 Å². The van der Waals surface area contributed by atoms with Crippen molar-refractivity contribution in [3.05, 3.63) is 65.2 Å². The van der Waals surface area contributed by atoms with E-state index in [4.69, 9.17) is 12.2 Å². The number of hydrazine groups is 1. The van der Waals surface area contributed by atoms with Crippen molar-refractivity contribution >= 4 is 34.6 Å². The fourth-order valence-electron chi connectivity index (χ4n) is 2.59. The molecule has 6 nitrogen and oxygen atoms in total. The van der Waals surface area contributed by atoms with Gasteiger partial charge in [-0.2, -0.15) is 5.10 Å². The van der Waals surface area contributed by atoms with Gasteiger partial charge < -0.3 is 5.32 Å². The van der Waals surface area contributed by atoms with Crippen molar-refractivity contribution in [3.8, 4) is 10.6 Å². The number of carbonyl (C=O) groups excluding carboxylic acids is 1. The highest BCUT2D eigenvalue weighted by atomic mass is 32.1. The molecule has 28 heavy (non-hydrogen) atoms. The first-order chi connectivity index (χ1) is 13.3. The third kappa shape index (κ3) is 5.40. The molecular formula is C20H23N5OS2. The summed E-state index contributed by atoms with van der Waals surface area (Å²) in [5.41, 5.74) is 7.48. The zero-order valence-corrected chi connectivity index (χ0v) is 17.7. The molecule has 0 aliphatic carbocycles. The molecule has 3 N–H and O–H groups in total. The molecule has 0 saturated heterocycles. The summed E-state index contributed by atoms with van der Waals surface area (Å²) in [7, 11) is 0. The summed E-state index contributed by atoms with van der Waals surface area (Å²) >= 11 is 6.76. The van der Waals surface area contributed by atoms with Gasteiger partial charge in [-0.1, -0.05) is 36.4 Å². The largest absolute Gasteiger partial charge is 0.357 e. The first kappa shape index (κ1) is 20.0. The van der Waals surface area contributed by atoms with Crippen molar-refractivity contribution in [3.63, 3.8) is 0 Å². The van der Waals surface area contributed by atoms with Crippen molar-refractivity contribution in [1.29, 1.82) is 0 Å². The monoisotopic (exact) mass is 413 g/mol. The summed E-state index contributed by atoms with van der Waals surface area (Å²) in [5, 5.41) is 10.1. The summed E-state index contributed by atoms with van der Waals surface area (Å²) in [4.78, 5) is 13.7. The third-order valence-electron chi connectivity index (χ3n) is 3.73. The van der Waals surface area contributed by atoms with Crippen molar-refractivity contribution in [2.24, 2.45) is 0 Å². The minimum Gasteiger partial charge on any atom is -0.357 e. The van der Waals surface area contributed by atoms with Gasteiger partial charge in [0.25, 0.3) is 5.91 Å². The topological polar surface area (TPSA) is 71.0 Å². The first-order valence-corrected chi connectivity index (χ1v) is 10.1. The fourth-order valence-corrected chi connectivity index (χ4v) is 3.67. The predicted octanol–water partition coefficient (Wildman–Crippen LogP) is 3.57. The molecule has 146 valence electrons. The molecule has 0 saturated carbocycles. The van der Waals surface area contributed by atoms with Gasteiger partial charge in [-0.15, -0.1) is 11.3 Å². The van der Waals surface area contributed by atoms with Gasteiger partial charge >= 0.3 is 0 Å². The highest BCUT2D eigenvalue weighted by Crippen LogP contribution is 2.26. The van der Waals surface area contributed by atoms with E-state index < -0.39 is 0 Å². The lowest BCUT2D eigenvalue weighted by Crippen LogP contribution is -2.52. The van der Waals surface area contributed by atoms with E-state index in [2.05, 4.69) is 21.3 Å². The Morgan fingerprint density at radius 1 is 1.14 bits per heavy atom. The minimum absolute atomic E-state index is 0.197. The number of aromatic nitrogens is 2. The number of hydrogen-bond acceptors (Lipinski definition) is 4. The summed E-state index contributed by atoms with van der Waals surface area (Å²) in [6, 6.07) is 13.9. The molecule has 2 aromatic heterocycles. The SMILES string of the molecule is CC(C)(C)NC(=S)NNC(=O)c1cn(Cc2ccccc2)nc1-c1cccs1. The molecule has 0 radical (unpaired) electrons. The van der Waals surface area contributed by atoms with E-state index >= 15 is 0 Å². The Morgan fingerprint density at radius 2 is 1.89 bits per heavy atom. The van der Waals surface area contributed by atoms with Gasteiger partial charge in [-0.05, 0) is 50.0 Å². The van der Waals surface area contributed by atoms with Crippen LogP contribution in [0.1, 0.15) is 36.7 Å². The Labute approximate surface area is 173 Å². The van der Waals surface area contributed by atoms with Crippen LogP contribution in [0.3, 0.4) is 0 Å². The molecular weight excluding hydrogens is 390 g/mol. The molecule has 0 atom stereocenters. The number of carbonyl (C=O) groups is 1. The lowest BCUT2D eigenvalue weighted by Gasteiger charge is -2.23. The summed E-state index contributed by atoms with van der Waals surface area (Å²) in [5.74, 6) is -0.291. The Kier molecular flexibility index (Phi) is 6.11. The highest BCUT2D eigenvalue weighted by Gasteiger charge is 2.19. The van der Waals surface area contributed by atoms with Crippen molar-refractivity contribution in [2.75, 3.05) is 0 Å². The van der Waals surface area contributed by atoms with Crippen LogP contribution in [0.25, 0.3) is 10.6 Å². The second kappa shape index (κ2) is 8.53. The molecule has 0 bridgehead atoms. The van der Waals surface area contributed by atoms with Crippen molar-refractivity contribution in [1.82, 2.24) is 25.9 Å². The number of hydrogen-bond donors (Lipinski definition) is 3. The maximum Gasteiger partial charge on any atom is 0.273 e. The molecule has 3 aromatic rings. The van der Waals surface area contributed by atoms with Crippen LogP contribution in [0, 0.1) is 0 Å². The van der Waals surface area contributed by atoms with E-state index in [0.29, 0.717) is 22.9 Å². The van der Waals surface area contributed by atoms with Gasteiger partial charge in [0, 0.05) is 11.7 Å². The Balaban J connectivity index is 1.78. The fraction of sp³-hybridized carbons (Fsp3) is 0.250. The average Bonchev–Trinajstić information content (AvgIpc) is 3.28. The Hall–Kier alpha value is -2.71. The van der Waals surface area contributed by atoms with Crippen molar-refractivity contribution in [2.45, 2.75) is 32.9 Å². The van der Waals surface area contributed by atoms with Crippen LogP contribution in [-0.2, 0) is 6.54 Å². The van der Waals surface area contributed by atoms with Gasteiger partial charge in [0.2, 0.25) is 0 Å². The van der Waals surface area contributed by atoms with E-state index in [1.54, 1.807) is 22.2 Å². The van der Waals surface area contributed by atoms with Crippen LogP contribution in [-0.4, -0.2) is 26.3 Å². The maximum absolute atomic E-state index is 12.8.